The molecule has 4 rings (SSSR count). The maximum atomic E-state index is 14.8. The summed E-state index contributed by atoms with van der Waals surface area (Å²) in [5.41, 5.74) is 1.33. The molecule has 2 aromatic rings. The molecule has 0 N–H and O–H groups in total. The minimum absolute atomic E-state index is 0.0119. The van der Waals surface area contributed by atoms with E-state index in [1.165, 1.54) is 0 Å². The van der Waals surface area contributed by atoms with E-state index in [1.807, 2.05) is 25.1 Å². The lowest BCUT2D eigenvalue weighted by Crippen LogP contribution is -2.38. The molecule has 224 valence electrons. The van der Waals surface area contributed by atoms with Crippen LogP contribution in [-0.2, 0) is 4.74 Å². The molecule has 0 spiro atoms. The third kappa shape index (κ3) is 8.77. The Kier molecular flexibility index (Phi) is 10.8. The summed E-state index contributed by atoms with van der Waals surface area (Å²) in [6.07, 6.45) is 4.51. The molecular formula is C32H36F6O3. The third-order valence-electron chi connectivity index (χ3n) is 7.93. The van der Waals surface area contributed by atoms with Crippen molar-refractivity contribution in [3.05, 3.63) is 77.6 Å². The van der Waals surface area contributed by atoms with Gasteiger partial charge in [-0.15, -0.1) is 0 Å². The maximum Gasteiger partial charge on any atom is 0.400 e. The van der Waals surface area contributed by atoms with Crippen LogP contribution in [0.1, 0.15) is 81.8 Å². The standard InChI is InChI=1S/C32H36F6O3/c1-2-17-39-26-15-11-25(12-16-26)32(37,38)41-27-13-9-24(10-14-27)23-7-5-21(6-8-23)3-4-22-18-28(33)31(29(34)19-22)40-20-30(35)36/h3-4,9-10,13-14,18-21,23,25-26H,2,5-8,11-12,15-17H2,1H3. The highest BCUT2D eigenvalue weighted by Crippen LogP contribution is 2.40. The van der Waals surface area contributed by atoms with Crippen molar-refractivity contribution in [1.82, 2.24) is 0 Å². The highest BCUT2D eigenvalue weighted by atomic mass is 19.3. The molecule has 2 aliphatic rings. The summed E-state index contributed by atoms with van der Waals surface area (Å²) in [7, 11) is 0. The monoisotopic (exact) mass is 582 g/mol. The van der Waals surface area contributed by atoms with Crippen molar-refractivity contribution in [2.45, 2.75) is 82.8 Å². The number of allylic oxidation sites excluding steroid dienone is 1. The minimum Gasteiger partial charge on any atom is -0.453 e. The average Bonchev–Trinajstić information content (AvgIpc) is 2.95. The number of ether oxygens (including phenoxy) is 3. The molecular weight excluding hydrogens is 546 g/mol. The first-order chi connectivity index (χ1) is 19.6. The molecule has 0 saturated heterocycles. The Morgan fingerprint density at radius 1 is 0.902 bits per heavy atom. The molecule has 3 nitrogen and oxygen atoms in total. The molecule has 9 heteroatoms. The van der Waals surface area contributed by atoms with Crippen molar-refractivity contribution in [1.29, 1.82) is 0 Å². The summed E-state index contributed by atoms with van der Waals surface area (Å²) in [5, 5.41) is 0. The molecule has 2 fully saturated rings. The van der Waals surface area contributed by atoms with E-state index in [0.29, 0.717) is 32.3 Å². The Labute approximate surface area is 237 Å². The van der Waals surface area contributed by atoms with Crippen LogP contribution >= 0.6 is 0 Å². The predicted octanol–water partition coefficient (Wildman–Crippen LogP) is 10.0. The lowest BCUT2D eigenvalue weighted by Gasteiger charge is -2.33. The van der Waals surface area contributed by atoms with E-state index in [0.717, 1.165) is 49.8 Å². The molecule has 0 heterocycles. The first kappa shape index (κ1) is 31.0. The molecule has 0 atom stereocenters. The summed E-state index contributed by atoms with van der Waals surface area (Å²) in [6, 6.07) is 8.98. The highest BCUT2D eigenvalue weighted by Gasteiger charge is 2.44. The lowest BCUT2D eigenvalue weighted by atomic mass is 9.78. The number of hydrogen-bond acceptors (Lipinski definition) is 3. The summed E-state index contributed by atoms with van der Waals surface area (Å²) >= 11 is 0. The first-order valence-corrected chi connectivity index (χ1v) is 14.3. The Balaban J connectivity index is 1.25. The number of halogens is 6. The van der Waals surface area contributed by atoms with Gasteiger partial charge in [0.1, 0.15) is 5.75 Å². The van der Waals surface area contributed by atoms with E-state index in [1.54, 1.807) is 18.2 Å². The average molecular weight is 583 g/mol. The number of rotatable bonds is 11. The summed E-state index contributed by atoms with van der Waals surface area (Å²) in [4.78, 5) is 0. The Bertz CT molecular complexity index is 1150. The normalized spacial score (nSPS) is 23.4. The zero-order chi connectivity index (χ0) is 29.4. The second-order valence-corrected chi connectivity index (χ2v) is 10.9. The van der Waals surface area contributed by atoms with Crippen molar-refractivity contribution < 1.29 is 40.6 Å². The van der Waals surface area contributed by atoms with Gasteiger partial charge in [-0.05, 0) is 105 Å². The smallest absolute Gasteiger partial charge is 0.400 e. The van der Waals surface area contributed by atoms with Gasteiger partial charge in [0.15, 0.2) is 23.6 Å². The zero-order valence-electron chi connectivity index (χ0n) is 23.1. The van der Waals surface area contributed by atoms with Gasteiger partial charge in [0.25, 0.3) is 0 Å². The van der Waals surface area contributed by atoms with Crippen molar-refractivity contribution >= 4 is 6.08 Å². The van der Waals surface area contributed by atoms with Crippen molar-refractivity contribution in [3.63, 3.8) is 0 Å². The van der Waals surface area contributed by atoms with Crippen LogP contribution in [0.2, 0.25) is 0 Å². The van der Waals surface area contributed by atoms with Crippen LogP contribution in [-0.4, -0.2) is 18.8 Å². The summed E-state index contributed by atoms with van der Waals surface area (Å²) in [5.74, 6) is -3.20. The van der Waals surface area contributed by atoms with Gasteiger partial charge < -0.3 is 14.2 Å². The van der Waals surface area contributed by atoms with Gasteiger partial charge in [0.2, 0.25) is 0 Å². The molecule has 2 saturated carbocycles. The molecule has 0 aromatic heterocycles. The van der Waals surface area contributed by atoms with E-state index in [4.69, 9.17) is 9.47 Å². The fourth-order valence-corrected chi connectivity index (χ4v) is 5.68. The number of hydrogen-bond donors (Lipinski definition) is 0. The molecule has 41 heavy (non-hydrogen) atoms. The Morgan fingerprint density at radius 2 is 1.54 bits per heavy atom. The topological polar surface area (TPSA) is 27.7 Å². The lowest BCUT2D eigenvalue weighted by molar-refractivity contribution is -0.225. The molecule has 0 bridgehead atoms. The second kappa shape index (κ2) is 14.3. The van der Waals surface area contributed by atoms with Crippen LogP contribution in [0.15, 0.2) is 54.8 Å². The summed E-state index contributed by atoms with van der Waals surface area (Å²) in [6.45, 7) is 2.69. The van der Waals surface area contributed by atoms with Gasteiger partial charge in [-0.25, -0.2) is 8.78 Å². The molecule has 2 aliphatic carbocycles. The fourth-order valence-electron chi connectivity index (χ4n) is 5.68. The number of benzene rings is 2. The van der Waals surface area contributed by atoms with E-state index in [9.17, 15) is 26.3 Å². The molecule has 0 unspecified atom stereocenters. The molecule has 0 radical (unpaired) electrons. The van der Waals surface area contributed by atoms with Gasteiger partial charge in [-0.3, -0.25) is 0 Å². The highest BCUT2D eigenvalue weighted by molar-refractivity contribution is 5.52. The van der Waals surface area contributed by atoms with E-state index >= 15 is 0 Å². The van der Waals surface area contributed by atoms with E-state index in [2.05, 4.69) is 4.74 Å². The minimum atomic E-state index is -3.23. The number of alkyl halides is 2. The molecule has 2 aromatic carbocycles. The quantitative estimate of drug-likeness (QED) is 0.195. The van der Waals surface area contributed by atoms with Gasteiger partial charge >= 0.3 is 12.2 Å². The molecule has 0 aliphatic heterocycles. The maximum absolute atomic E-state index is 14.8. The van der Waals surface area contributed by atoms with Crippen LogP contribution in [0, 0.1) is 23.5 Å². The van der Waals surface area contributed by atoms with Crippen LogP contribution in [0.5, 0.6) is 11.5 Å². The van der Waals surface area contributed by atoms with Gasteiger partial charge in [0.05, 0.1) is 12.0 Å². The largest absolute Gasteiger partial charge is 0.453 e. The van der Waals surface area contributed by atoms with Crippen LogP contribution < -0.4 is 9.47 Å². The van der Waals surface area contributed by atoms with Crippen LogP contribution in [0.25, 0.3) is 6.08 Å². The van der Waals surface area contributed by atoms with Gasteiger partial charge in [-0.1, -0.05) is 31.2 Å². The second-order valence-electron chi connectivity index (χ2n) is 10.9. The van der Waals surface area contributed by atoms with Crippen molar-refractivity contribution in [2.75, 3.05) is 6.61 Å². The van der Waals surface area contributed by atoms with Crippen molar-refractivity contribution in [2.24, 2.45) is 11.8 Å². The van der Waals surface area contributed by atoms with E-state index in [-0.39, 0.29) is 35.5 Å². The fraction of sp³-hybridized carbons (Fsp3) is 0.500. The van der Waals surface area contributed by atoms with Crippen LogP contribution in [0.3, 0.4) is 0 Å². The van der Waals surface area contributed by atoms with Gasteiger partial charge in [-0.2, -0.15) is 17.6 Å². The first-order valence-electron chi connectivity index (χ1n) is 14.3. The summed E-state index contributed by atoms with van der Waals surface area (Å²) < 4.78 is 97.4. The Hall–Kier alpha value is -2.94. The predicted molar refractivity (Wildman–Crippen MR) is 145 cm³/mol. The van der Waals surface area contributed by atoms with Crippen molar-refractivity contribution in [3.8, 4) is 11.5 Å². The third-order valence-corrected chi connectivity index (χ3v) is 7.93. The molecule has 0 amide bonds. The SMILES string of the molecule is CCCOC1CCC(C(F)(F)Oc2ccc(C3CCC(C=Cc4cc(F)c(OC=C(F)F)c(F)c4)CC3)cc2)CC1. The Morgan fingerprint density at radius 3 is 2.12 bits per heavy atom. The zero-order valence-corrected chi connectivity index (χ0v) is 23.1. The van der Waals surface area contributed by atoms with E-state index < -0.39 is 35.5 Å². The van der Waals surface area contributed by atoms with Crippen LogP contribution in [0.4, 0.5) is 26.3 Å². The van der Waals surface area contributed by atoms with Gasteiger partial charge in [0, 0.05) is 6.61 Å².